The standard InChI is InChI=1S/C14H10F2/c15-13-8-6-12(7-9-13)14(16)10-11-4-2-1-3-5-11/h1-10H/b14-10-. The van der Waals surface area contributed by atoms with E-state index >= 15 is 0 Å². The van der Waals surface area contributed by atoms with Crippen molar-refractivity contribution in [3.05, 3.63) is 71.5 Å². The maximum atomic E-state index is 13.7. The summed E-state index contributed by atoms with van der Waals surface area (Å²) in [6, 6.07) is 14.5. The molecular formula is C14H10F2. The first-order chi connectivity index (χ1) is 7.75. The molecule has 0 aliphatic heterocycles. The van der Waals surface area contributed by atoms with E-state index < -0.39 is 0 Å². The molecule has 0 radical (unpaired) electrons. The van der Waals surface area contributed by atoms with E-state index in [1.165, 1.54) is 30.3 Å². The van der Waals surface area contributed by atoms with Gasteiger partial charge in [-0.3, -0.25) is 0 Å². The first kappa shape index (κ1) is 10.6. The zero-order chi connectivity index (χ0) is 11.4. The number of halogens is 2. The summed E-state index contributed by atoms with van der Waals surface area (Å²) in [6.45, 7) is 0. The van der Waals surface area contributed by atoms with Crippen molar-refractivity contribution in [2.75, 3.05) is 0 Å². The van der Waals surface area contributed by atoms with Crippen LogP contribution in [0.4, 0.5) is 8.78 Å². The van der Waals surface area contributed by atoms with Gasteiger partial charge in [0.25, 0.3) is 0 Å². The van der Waals surface area contributed by atoms with Crippen LogP contribution in [0.15, 0.2) is 54.6 Å². The van der Waals surface area contributed by atoms with E-state index in [9.17, 15) is 8.78 Å². The van der Waals surface area contributed by atoms with Gasteiger partial charge in [0.2, 0.25) is 0 Å². The minimum atomic E-state index is -0.369. The highest BCUT2D eigenvalue weighted by Gasteiger charge is 2.00. The van der Waals surface area contributed by atoms with E-state index in [-0.39, 0.29) is 11.6 Å². The van der Waals surface area contributed by atoms with Gasteiger partial charge >= 0.3 is 0 Å². The van der Waals surface area contributed by atoms with Crippen molar-refractivity contribution in [2.45, 2.75) is 0 Å². The first-order valence-electron chi connectivity index (χ1n) is 4.94. The summed E-state index contributed by atoms with van der Waals surface area (Å²) in [5, 5.41) is 0. The molecule has 0 heterocycles. The highest BCUT2D eigenvalue weighted by atomic mass is 19.1. The molecule has 0 N–H and O–H groups in total. The minimum Gasteiger partial charge on any atom is -0.207 e. The van der Waals surface area contributed by atoms with E-state index in [2.05, 4.69) is 0 Å². The van der Waals surface area contributed by atoms with Gasteiger partial charge in [-0.15, -0.1) is 0 Å². The van der Waals surface area contributed by atoms with Crippen molar-refractivity contribution in [2.24, 2.45) is 0 Å². The van der Waals surface area contributed by atoms with Crippen LogP contribution in [0, 0.1) is 5.82 Å². The second-order valence-electron chi connectivity index (χ2n) is 3.41. The summed E-state index contributed by atoms with van der Waals surface area (Å²) >= 11 is 0. The molecule has 0 aliphatic rings. The summed E-state index contributed by atoms with van der Waals surface area (Å²) in [5.41, 5.74) is 1.16. The molecule has 0 nitrogen and oxygen atoms in total. The Kier molecular flexibility index (Phi) is 3.10. The van der Waals surface area contributed by atoms with Crippen LogP contribution in [-0.2, 0) is 0 Å². The molecule has 80 valence electrons. The van der Waals surface area contributed by atoms with Crippen molar-refractivity contribution in [3.8, 4) is 0 Å². The van der Waals surface area contributed by atoms with E-state index in [0.717, 1.165) is 5.56 Å². The average molecular weight is 216 g/mol. The molecule has 2 aromatic carbocycles. The van der Waals surface area contributed by atoms with Gasteiger partial charge in [-0.25, -0.2) is 8.78 Å². The third-order valence-corrected chi connectivity index (χ3v) is 2.21. The van der Waals surface area contributed by atoms with Gasteiger partial charge in [-0.05, 0) is 35.9 Å². The van der Waals surface area contributed by atoms with Crippen LogP contribution in [0.25, 0.3) is 11.9 Å². The maximum Gasteiger partial charge on any atom is 0.131 e. The van der Waals surface area contributed by atoms with Crippen molar-refractivity contribution in [3.63, 3.8) is 0 Å². The summed E-state index contributed by atoms with van der Waals surface area (Å²) < 4.78 is 26.3. The zero-order valence-electron chi connectivity index (χ0n) is 8.53. The molecule has 0 aliphatic carbocycles. The second-order valence-corrected chi connectivity index (χ2v) is 3.41. The monoisotopic (exact) mass is 216 g/mol. The Bertz CT molecular complexity index is 484. The lowest BCUT2D eigenvalue weighted by Crippen LogP contribution is -1.80. The molecular weight excluding hydrogens is 206 g/mol. The van der Waals surface area contributed by atoms with Crippen LogP contribution in [-0.4, -0.2) is 0 Å². The molecule has 0 atom stereocenters. The lowest BCUT2D eigenvalue weighted by molar-refractivity contribution is 0.627. The van der Waals surface area contributed by atoms with Crippen LogP contribution in [0.3, 0.4) is 0 Å². The van der Waals surface area contributed by atoms with Crippen LogP contribution >= 0.6 is 0 Å². The molecule has 0 saturated heterocycles. The molecule has 0 aromatic heterocycles. The van der Waals surface area contributed by atoms with E-state index in [4.69, 9.17) is 0 Å². The summed E-state index contributed by atoms with van der Waals surface area (Å²) in [5.74, 6) is -0.734. The fraction of sp³-hybridized carbons (Fsp3) is 0. The Morgan fingerprint density at radius 1 is 0.875 bits per heavy atom. The van der Waals surface area contributed by atoms with Crippen molar-refractivity contribution in [1.29, 1.82) is 0 Å². The Labute approximate surface area is 92.9 Å². The van der Waals surface area contributed by atoms with Gasteiger partial charge < -0.3 is 0 Å². The fourth-order valence-electron chi connectivity index (χ4n) is 1.39. The molecule has 2 heteroatoms. The lowest BCUT2D eigenvalue weighted by Gasteiger charge is -1.98. The molecule has 0 fully saturated rings. The maximum absolute atomic E-state index is 13.7. The van der Waals surface area contributed by atoms with Crippen molar-refractivity contribution in [1.82, 2.24) is 0 Å². The lowest BCUT2D eigenvalue weighted by atomic mass is 10.1. The summed E-state index contributed by atoms with van der Waals surface area (Å²) in [7, 11) is 0. The van der Waals surface area contributed by atoms with E-state index in [0.29, 0.717) is 5.56 Å². The Morgan fingerprint density at radius 2 is 1.50 bits per heavy atom. The minimum absolute atomic E-state index is 0.365. The van der Waals surface area contributed by atoms with Gasteiger partial charge in [-0.2, -0.15) is 0 Å². The molecule has 0 bridgehead atoms. The molecule has 0 amide bonds. The molecule has 16 heavy (non-hydrogen) atoms. The number of hydrogen-bond donors (Lipinski definition) is 0. The second kappa shape index (κ2) is 4.71. The topological polar surface area (TPSA) is 0 Å². The van der Waals surface area contributed by atoms with Gasteiger partial charge in [0.1, 0.15) is 11.6 Å². The SMILES string of the molecule is F/C(=C\c1ccccc1)c1ccc(F)cc1. The van der Waals surface area contributed by atoms with Gasteiger partial charge in [0.15, 0.2) is 0 Å². The third kappa shape index (κ3) is 2.54. The Hall–Kier alpha value is -1.96. The molecule has 0 spiro atoms. The quantitative estimate of drug-likeness (QED) is 0.657. The van der Waals surface area contributed by atoms with E-state index in [1.807, 2.05) is 30.3 Å². The summed E-state index contributed by atoms with van der Waals surface area (Å²) in [6.07, 6.45) is 1.42. The van der Waals surface area contributed by atoms with E-state index in [1.54, 1.807) is 0 Å². The molecule has 0 unspecified atom stereocenters. The van der Waals surface area contributed by atoms with Crippen LogP contribution < -0.4 is 0 Å². The highest BCUT2D eigenvalue weighted by molar-refractivity contribution is 5.76. The molecule has 2 rings (SSSR count). The van der Waals surface area contributed by atoms with Gasteiger partial charge in [-0.1, -0.05) is 30.3 Å². The van der Waals surface area contributed by atoms with Crippen LogP contribution in [0.1, 0.15) is 11.1 Å². The van der Waals surface area contributed by atoms with Crippen molar-refractivity contribution < 1.29 is 8.78 Å². The first-order valence-corrected chi connectivity index (χ1v) is 4.94. The average Bonchev–Trinajstić information content (AvgIpc) is 2.31. The predicted octanol–water partition coefficient (Wildman–Crippen LogP) is 4.29. The molecule has 2 aromatic rings. The zero-order valence-corrected chi connectivity index (χ0v) is 8.53. The Balaban J connectivity index is 2.28. The van der Waals surface area contributed by atoms with Gasteiger partial charge in [0.05, 0.1) is 0 Å². The smallest absolute Gasteiger partial charge is 0.131 e. The summed E-state index contributed by atoms with van der Waals surface area (Å²) in [4.78, 5) is 0. The van der Waals surface area contributed by atoms with Crippen molar-refractivity contribution >= 4 is 11.9 Å². The highest BCUT2D eigenvalue weighted by Crippen LogP contribution is 2.19. The van der Waals surface area contributed by atoms with Crippen LogP contribution in [0.2, 0.25) is 0 Å². The fourth-order valence-corrected chi connectivity index (χ4v) is 1.39. The predicted molar refractivity (Wildman–Crippen MR) is 61.8 cm³/mol. The normalized spacial score (nSPS) is 11.5. The largest absolute Gasteiger partial charge is 0.207 e. The molecule has 0 saturated carbocycles. The van der Waals surface area contributed by atoms with Crippen LogP contribution in [0.5, 0.6) is 0 Å². The Morgan fingerprint density at radius 3 is 2.12 bits per heavy atom. The number of benzene rings is 2. The third-order valence-electron chi connectivity index (χ3n) is 2.21. The van der Waals surface area contributed by atoms with Gasteiger partial charge in [0, 0.05) is 5.56 Å². The number of hydrogen-bond acceptors (Lipinski definition) is 0. The number of rotatable bonds is 2.